The van der Waals surface area contributed by atoms with E-state index in [1.165, 1.54) is 6.92 Å². The van der Waals surface area contributed by atoms with Crippen LogP contribution in [-0.2, 0) is 9.53 Å². The quantitative estimate of drug-likeness (QED) is 0.303. The molecule has 0 rings (SSSR count). The number of carbonyl (C=O) groups is 1. The highest BCUT2D eigenvalue weighted by Crippen LogP contribution is 1.70. The van der Waals surface area contributed by atoms with Gasteiger partial charge in [-0.05, 0) is 0 Å². The van der Waals surface area contributed by atoms with Crippen LogP contribution in [0.25, 0.3) is 0 Å². The summed E-state index contributed by atoms with van der Waals surface area (Å²) in [6.45, 7) is 10.5. The summed E-state index contributed by atoms with van der Waals surface area (Å²) in [5, 5.41) is 0. The predicted octanol–water partition coefficient (Wildman–Crippen LogP) is 1.58. The van der Waals surface area contributed by atoms with Crippen LogP contribution in [0.5, 0.6) is 0 Å². The Morgan fingerprint density at radius 2 is 1.89 bits per heavy atom. The maximum Gasteiger partial charge on any atom is 0.307 e. The van der Waals surface area contributed by atoms with Gasteiger partial charge < -0.3 is 4.74 Å². The van der Waals surface area contributed by atoms with Crippen LogP contribution in [0.2, 0.25) is 0 Å². The van der Waals surface area contributed by atoms with E-state index in [1.54, 1.807) is 0 Å². The molecule has 2 nitrogen and oxygen atoms in total. The molecule has 2 heteroatoms. The fourth-order valence-corrected chi connectivity index (χ4v) is 0.117. The van der Waals surface area contributed by atoms with Crippen molar-refractivity contribution >= 4 is 5.97 Å². The second-order valence-corrected chi connectivity index (χ2v) is 0.776. The monoisotopic (exact) mass is 126 g/mol. The highest BCUT2D eigenvalue weighted by Gasteiger charge is 1.79. The number of carbonyl (C=O) groups excluding carboxylic acids is 1. The SMILES string of the molecule is C=C.C=COC(C)=O.[C]. The maximum atomic E-state index is 9.75. The van der Waals surface area contributed by atoms with Crippen molar-refractivity contribution in [2.24, 2.45) is 0 Å². The zero-order valence-electron chi connectivity index (χ0n) is 5.52. The molecule has 4 radical (unpaired) electrons. The van der Waals surface area contributed by atoms with Gasteiger partial charge in [-0.2, -0.15) is 0 Å². The highest BCUT2D eigenvalue weighted by atomic mass is 16.5. The molecule has 0 aromatic rings. The average molecular weight is 126 g/mol. The van der Waals surface area contributed by atoms with Crippen molar-refractivity contribution in [1.82, 2.24) is 0 Å². The molecule has 0 amide bonds. The Labute approximate surface area is 56.8 Å². The zero-order chi connectivity index (χ0) is 6.99. The molecule has 0 fully saturated rings. The van der Waals surface area contributed by atoms with E-state index < -0.39 is 0 Å². The van der Waals surface area contributed by atoms with Crippen molar-refractivity contribution in [2.45, 2.75) is 6.92 Å². The van der Waals surface area contributed by atoms with Gasteiger partial charge >= 0.3 is 5.97 Å². The minimum absolute atomic E-state index is 0. The Morgan fingerprint density at radius 1 is 1.56 bits per heavy atom. The molecule has 0 atom stereocenters. The lowest BCUT2D eigenvalue weighted by Crippen LogP contribution is -1.87. The van der Waals surface area contributed by atoms with Gasteiger partial charge in [-0.15, -0.1) is 13.2 Å². The van der Waals surface area contributed by atoms with E-state index >= 15 is 0 Å². The molecule has 0 saturated carbocycles. The van der Waals surface area contributed by atoms with Gasteiger partial charge in [-0.3, -0.25) is 4.79 Å². The smallest absolute Gasteiger partial charge is 0.307 e. The van der Waals surface area contributed by atoms with Crippen LogP contribution in [0, 0.1) is 7.43 Å². The third-order valence-electron chi connectivity index (χ3n) is 0.249. The van der Waals surface area contributed by atoms with Crippen LogP contribution in [-0.4, -0.2) is 5.97 Å². The van der Waals surface area contributed by atoms with Crippen molar-refractivity contribution in [3.05, 3.63) is 33.4 Å². The molecule has 0 spiro atoms. The van der Waals surface area contributed by atoms with Crippen molar-refractivity contribution in [3.8, 4) is 0 Å². The van der Waals surface area contributed by atoms with Crippen LogP contribution in [0.15, 0.2) is 26.0 Å². The lowest BCUT2D eigenvalue weighted by molar-refractivity contribution is -0.135. The molecule has 0 aromatic heterocycles. The van der Waals surface area contributed by atoms with Gasteiger partial charge in [0.05, 0.1) is 6.26 Å². The summed E-state index contributed by atoms with van der Waals surface area (Å²) in [5.41, 5.74) is 0. The summed E-state index contributed by atoms with van der Waals surface area (Å²) in [6.07, 6.45) is 1.10. The Balaban J connectivity index is -0.000000109. The third-order valence-corrected chi connectivity index (χ3v) is 0.249. The second kappa shape index (κ2) is 15.8. The predicted molar refractivity (Wildman–Crippen MR) is 36.5 cm³/mol. The molecule has 9 heavy (non-hydrogen) atoms. The van der Waals surface area contributed by atoms with Crippen LogP contribution in [0.4, 0.5) is 0 Å². The van der Waals surface area contributed by atoms with E-state index in [1.807, 2.05) is 0 Å². The molecular formula is C7H10O2. The second-order valence-electron chi connectivity index (χ2n) is 0.776. The Bertz CT molecular complexity index is 77.0. The first-order chi connectivity index (χ1) is 3.77. The molecule has 0 N–H and O–H groups in total. The van der Waals surface area contributed by atoms with E-state index in [2.05, 4.69) is 24.5 Å². The fourth-order valence-electron chi connectivity index (χ4n) is 0.117. The third kappa shape index (κ3) is 44.8. The van der Waals surface area contributed by atoms with Gasteiger partial charge in [0, 0.05) is 14.4 Å². The number of hydrogen-bond acceptors (Lipinski definition) is 2. The first kappa shape index (κ1) is 15.7. The van der Waals surface area contributed by atoms with E-state index in [-0.39, 0.29) is 13.4 Å². The summed E-state index contributed by atoms with van der Waals surface area (Å²) in [7, 11) is 0. The van der Waals surface area contributed by atoms with Crippen LogP contribution < -0.4 is 0 Å². The van der Waals surface area contributed by atoms with Crippen molar-refractivity contribution in [1.29, 1.82) is 0 Å². The van der Waals surface area contributed by atoms with Crippen molar-refractivity contribution in [3.63, 3.8) is 0 Å². The van der Waals surface area contributed by atoms with Gasteiger partial charge in [0.15, 0.2) is 0 Å². The van der Waals surface area contributed by atoms with Crippen molar-refractivity contribution in [2.75, 3.05) is 0 Å². The maximum absolute atomic E-state index is 9.75. The normalized spacial score (nSPS) is 5.00. The average Bonchev–Trinajstić information content (AvgIpc) is 1.72. The molecule has 0 aliphatic heterocycles. The standard InChI is InChI=1S/C4H6O2.C2H4.C/c1-3-6-4(2)5;1-2;/h3H,1H2,2H3;1-2H2;. The lowest BCUT2D eigenvalue weighted by Gasteiger charge is -1.83. The molecular weight excluding hydrogens is 116 g/mol. The van der Waals surface area contributed by atoms with Crippen LogP contribution in [0.1, 0.15) is 6.92 Å². The minimum Gasteiger partial charge on any atom is -0.435 e. The Kier molecular flexibility index (Phi) is 27.5. The first-order valence-corrected chi connectivity index (χ1v) is 2.05. The van der Waals surface area contributed by atoms with Gasteiger partial charge in [0.1, 0.15) is 0 Å². The largest absolute Gasteiger partial charge is 0.435 e. The topological polar surface area (TPSA) is 26.3 Å². The Hall–Kier alpha value is -1.05. The minimum atomic E-state index is -0.329. The lowest BCUT2D eigenvalue weighted by atomic mass is 10.8. The summed E-state index contributed by atoms with van der Waals surface area (Å²) < 4.78 is 4.17. The Morgan fingerprint density at radius 3 is 1.89 bits per heavy atom. The zero-order valence-corrected chi connectivity index (χ0v) is 5.52. The summed E-state index contributed by atoms with van der Waals surface area (Å²) in [6, 6.07) is 0. The van der Waals surface area contributed by atoms with E-state index in [4.69, 9.17) is 0 Å². The summed E-state index contributed by atoms with van der Waals surface area (Å²) in [5.74, 6) is -0.329. The number of esters is 1. The highest BCUT2D eigenvalue weighted by molar-refractivity contribution is 5.66. The fraction of sp³-hybridized carbons (Fsp3) is 0.143. The van der Waals surface area contributed by atoms with E-state index in [0.29, 0.717) is 0 Å². The first-order valence-electron chi connectivity index (χ1n) is 2.05. The van der Waals surface area contributed by atoms with Crippen molar-refractivity contribution < 1.29 is 9.53 Å². The van der Waals surface area contributed by atoms with Gasteiger partial charge in [0.2, 0.25) is 0 Å². The van der Waals surface area contributed by atoms with Crippen LogP contribution >= 0.6 is 0 Å². The molecule has 0 saturated heterocycles. The molecule has 0 unspecified atom stereocenters. The molecule has 0 aliphatic carbocycles. The van der Waals surface area contributed by atoms with Gasteiger partial charge in [-0.1, -0.05) is 6.58 Å². The number of rotatable bonds is 1. The summed E-state index contributed by atoms with van der Waals surface area (Å²) >= 11 is 0. The van der Waals surface area contributed by atoms with E-state index in [0.717, 1.165) is 6.26 Å². The molecule has 50 valence electrons. The number of hydrogen-bond donors (Lipinski definition) is 0. The molecule has 0 aliphatic rings. The van der Waals surface area contributed by atoms with Crippen LogP contribution in [0.3, 0.4) is 0 Å². The van der Waals surface area contributed by atoms with Gasteiger partial charge in [0.25, 0.3) is 0 Å². The molecule has 0 heterocycles. The molecule has 0 aromatic carbocycles. The number of ether oxygens (including phenoxy) is 1. The molecule has 0 bridgehead atoms. The van der Waals surface area contributed by atoms with E-state index in [9.17, 15) is 4.79 Å². The van der Waals surface area contributed by atoms with Gasteiger partial charge in [-0.25, -0.2) is 0 Å². The summed E-state index contributed by atoms with van der Waals surface area (Å²) in [4.78, 5) is 9.75.